The van der Waals surface area contributed by atoms with Gasteiger partial charge in [0.25, 0.3) is 5.91 Å². The molecule has 0 aliphatic rings. The van der Waals surface area contributed by atoms with Gasteiger partial charge in [-0.3, -0.25) is 13.9 Å². The Bertz CT molecular complexity index is 1260. The third-order valence-corrected chi connectivity index (χ3v) is 6.77. The fourth-order valence-electron chi connectivity index (χ4n) is 3.68. The Morgan fingerprint density at radius 3 is 2.20 bits per heavy atom. The van der Waals surface area contributed by atoms with Crippen molar-refractivity contribution in [3.8, 4) is 0 Å². The van der Waals surface area contributed by atoms with E-state index in [0.717, 1.165) is 17.4 Å². The van der Waals surface area contributed by atoms with E-state index in [9.17, 15) is 18.0 Å². The van der Waals surface area contributed by atoms with E-state index in [4.69, 9.17) is 0 Å². The third kappa shape index (κ3) is 7.42. The molecule has 8 heteroatoms. The molecule has 3 rings (SSSR count). The van der Waals surface area contributed by atoms with Gasteiger partial charge in [0.2, 0.25) is 15.9 Å². The maximum atomic E-state index is 12.9. The molecule has 2 N–H and O–H groups in total. The van der Waals surface area contributed by atoms with E-state index in [1.54, 1.807) is 36.4 Å². The molecule has 0 aliphatic heterocycles. The van der Waals surface area contributed by atoms with Gasteiger partial charge in [-0.15, -0.1) is 0 Å². The Labute approximate surface area is 207 Å². The average molecular weight is 494 g/mol. The molecule has 0 aromatic heterocycles. The van der Waals surface area contributed by atoms with Crippen molar-refractivity contribution in [1.29, 1.82) is 0 Å². The minimum atomic E-state index is -3.49. The highest BCUT2D eigenvalue weighted by Crippen LogP contribution is 2.20. The van der Waals surface area contributed by atoms with Gasteiger partial charge < -0.3 is 10.6 Å². The second-order valence-electron chi connectivity index (χ2n) is 8.47. The van der Waals surface area contributed by atoms with Gasteiger partial charge in [0.1, 0.15) is 0 Å². The molecule has 3 aromatic carbocycles. The van der Waals surface area contributed by atoms with Crippen molar-refractivity contribution < 1.29 is 18.0 Å². The van der Waals surface area contributed by atoms with E-state index < -0.39 is 10.0 Å². The van der Waals surface area contributed by atoms with Gasteiger partial charge in [-0.1, -0.05) is 60.2 Å². The van der Waals surface area contributed by atoms with Crippen molar-refractivity contribution in [1.82, 2.24) is 5.32 Å². The summed E-state index contributed by atoms with van der Waals surface area (Å²) >= 11 is 0. The Kier molecular flexibility index (Phi) is 8.65. The molecular weight excluding hydrogens is 462 g/mol. The van der Waals surface area contributed by atoms with E-state index >= 15 is 0 Å². The molecule has 0 fully saturated rings. The summed E-state index contributed by atoms with van der Waals surface area (Å²) in [6.45, 7) is 4.00. The summed E-state index contributed by atoms with van der Waals surface area (Å²) in [5, 5.41) is 5.76. The molecular formula is C27H31N3O4S. The Morgan fingerprint density at radius 1 is 0.914 bits per heavy atom. The predicted octanol–water partition coefficient (Wildman–Crippen LogP) is 4.67. The van der Waals surface area contributed by atoms with Crippen LogP contribution in [0.15, 0.2) is 78.9 Å². The monoisotopic (exact) mass is 493 g/mol. The molecule has 2 amide bonds. The van der Waals surface area contributed by atoms with E-state index in [1.165, 1.54) is 4.31 Å². The summed E-state index contributed by atoms with van der Waals surface area (Å²) < 4.78 is 25.8. The molecule has 0 aliphatic carbocycles. The summed E-state index contributed by atoms with van der Waals surface area (Å²) in [4.78, 5) is 25.5. The first-order valence-corrected chi connectivity index (χ1v) is 13.3. The number of aryl methyl sites for hydroxylation is 1. The van der Waals surface area contributed by atoms with Crippen LogP contribution in [0, 0.1) is 6.92 Å². The number of carbonyl (C=O) groups is 2. The third-order valence-electron chi connectivity index (χ3n) is 5.58. The number of nitrogens with zero attached hydrogens (tertiary/aromatic N) is 1. The van der Waals surface area contributed by atoms with Crippen LogP contribution in [-0.2, 0) is 14.8 Å². The van der Waals surface area contributed by atoms with E-state index in [2.05, 4.69) is 10.6 Å². The van der Waals surface area contributed by atoms with Crippen LogP contribution in [0.3, 0.4) is 0 Å². The summed E-state index contributed by atoms with van der Waals surface area (Å²) in [5.41, 5.74) is 3.34. The second kappa shape index (κ2) is 11.7. The number of amides is 2. The smallest absolute Gasteiger partial charge is 0.253 e. The number of rotatable bonds is 10. The van der Waals surface area contributed by atoms with E-state index in [-0.39, 0.29) is 30.8 Å². The van der Waals surface area contributed by atoms with Crippen molar-refractivity contribution in [3.05, 3.63) is 95.6 Å². The summed E-state index contributed by atoms with van der Waals surface area (Å²) in [5.74, 6) is -0.585. The van der Waals surface area contributed by atoms with E-state index in [0.29, 0.717) is 23.4 Å². The first kappa shape index (κ1) is 26.0. The topological polar surface area (TPSA) is 95.6 Å². The van der Waals surface area contributed by atoms with Crippen LogP contribution in [0.5, 0.6) is 0 Å². The van der Waals surface area contributed by atoms with E-state index in [1.807, 2.05) is 56.3 Å². The van der Waals surface area contributed by atoms with Crippen LogP contribution >= 0.6 is 0 Å². The highest BCUT2D eigenvalue weighted by Gasteiger charge is 2.19. The second-order valence-corrected chi connectivity index (χ2v) is 10.4. The quantitative estimate of drug-likeness (QED) is 0.429. The fourth-order valence-corrected chi connectivity index (χ4v) is 4.65. The van der Waals surface area contributed by atoms with Crippen LogP contribution in [0.2, 0.25) is 0 Å². The number of nitrogens with one attached hydrogen (secondary N) is 2. The molecule has 7 nitrogen and oxygen atoms in total. The minimum absolute atomic E-state index is 0.105. The zero-order valence-corrected chi connectivity index (χ0v) is 21.0. The zero-order chi connectivity index (χ0) is 25.4. The summed E-state index contributed by atoms with van der Waals surface area (Å²) in [6, 6.07) is 23.4. The molecule has 184 valence electrons. The normalized spacial score (nSPS) is 12.0. The van der Waals surface area contributed by atoms with Crippen molar-refractivity contribution in [3.63, 3.8) is 0 Å². The van der Waals surface area contributed by atoms with Crippen molar-refractivity contribution >= 4 is 33.2 Å². The number of carbonyl (C=O) groups excluding carboxylic acids is 2. The van der Waals surface area contributed by atoms with Gasteiger partial charge in [0.05, 0.1) is 29.2 Å². The number of para-hydroxylation sites is 1. The first-order valence-electron chi connectivity index (χ1n) is 11.4. The van der Waals surface area contributed by atoms with Gasteiger partial charge in [-0.05, 0) is 50.1 Å². The van der Waals surface area contributed by atoms with Crippen LogP contribution in [0.25, 0.3) is 0 Å². The molecule has 1 atom stereocenters. The van der Waals surface area contributed by atoms with Crippen LogP contribution in [0.4, 0.5) is 11.4 Å². The molecule has 35 heavy (non-hydrogen) atoms. The van der Waals surface area contributed by atoms with Gasteiger partial charge in [-0.25, -0.2) is 8.42 Å². The maximum absolute atomic E-state index is 12.9. The minimum Gasteiger partial charge on any atom is -0.345 e. The number of benzene rings is 3. The Balaban J connectivity index is 1.61. The largest absolute Gasteiger partial charge is 0.345 e. The molecule has 0 saturated carbocycles. The summed E-state index contributed by atoms with van der Waals surface area (Å²) in [7, 11) is -3.49. The molecule has 0 bridgehead atoms. The number of hydrogen-bond donors (Lipinski definition) is 2. The lowest BCUT2D eigenvalue weighted by molar-refractivity contribution is -0.116. The molecule has 0 radical (unpaired) electrons. The standard InChI is InChI=1S/C27H31N3O4S/c1-20-15-17-23(18-16-20)30(35(3,33)34)19-9-14-26(31)29-25-13-8-7-12-24(25)27(32)28-21(2)22-10-5-4-6-11-22/h4-8,10-13,15-18,21H,9,14,19H2,1-3H3,(H,28,32)(H,29,31)/t21-/m0/s1. The lowest BCUT2D eigenvalue weighted by atomic mass is 10.1. The maximum Gasteiger partial charge on any atom is 0.253 e. The van der Waals surface area contributed by atoms with Gasteiger partial charge >= 0.3 is 0 Å². The molecule has 0 heterocycles. The highest BCUT2D eigenvalue weighted by molar-refractivity contribution is 7.92. The van der Waals surface area contributed by atoms with Crippen LogP contribution in [0.1, 0.15) is 47.3 Å². The van der Waals surface area contributed by atoms with Crippen molar-refractivity contribution in [2.45, 2.75) is 32.7 Å². The Morgan fingerprint density at radius 2 is 1.54 bits per heavy atom. The number of anilines is 2. The highest BCUT2D eigenvalue weighted by atomic mass is 32.2. The number of sulfonamides is 1. The van der Waals surface area contributed by atoms with Crippen molar-refractivity contribution in [2.24, 2.45) is 0 Å². The van der Waals surface area contributed by atoms with Crippen molar-refractivity contribution in [2.75, 3.05) is 22.4 Å². The first-order chi connectivity index (χ1) is 16.6. The molecule has 0 saturated heterocycles. The molecule has 3 aromatic rings. The van der Waals surface area contributed by atoms with Gasteiger partial charge in [0.15, 0.2) is 0 Å². The lowest BCUT2D eigenvalue weighted by Crippen LogP contribution is -2.31. The predicted molar refractivity (Wildman–Crippen MR) is 140 cm³/mol. The zero-order valence-electron chi connectivity index (χ0n) is 20.2. The molecule has 0 unspecified atom stereocenters. The average Bonchev–Trinajstić information content (AvgIpc) is 2.82. The van der Waals surface area contributed by atoms with Crippen LogP contribution in [-0.4, -0.2) is 33.0 Å². The number of hydrogen-bond acceptors (Lipinski definition) is 4. The fraction of sp³-hybridized carbons (Fsp3) is 0.259. The SMILES string of the molecule is Cc1ccc(N(CCCC(=O)Nc2ccccc2C(=O)N[C@@H](C)c2ccccc2)S(C)(=O)=O)cc1. The van der Waals surface area contributed by atoms with Crippen LogP contribution < -0.4 is 14.9 Å². The molecule has 0 spiro atoms. The lowest BCUT2D eigenvalue weighted by Gasteiger charge is -2.22. The van der Waals surface area contributed by atoms with Gasteiger partial charge in [-0.2, -0.15) is 0 Å². The summed E-state index contributed by atoms with van der Waals surface area (Å²) in [6.07, 6.45) is 1.58. The Hall–Kier alpha value is -3.65. The van der Waals surface area contributed by atoms with Gasteiger partial charge in [0, 0.05) is 13.0 Å².